The third-order valence-electron chi connectivity index (χ3n) is 2.61. The van der Waals surface area contributed by atoms with Crippen molar-refractivity contribution in [2.24, 2.45) is 0 Å². The van der Waals surface area contributed by atoms with E-state index in [4.69, 9.17) is 5.11 Å². The van der Waals surface area contributed by atoms with E-state index < -0.39 is 32.4 Å². The second kappa shape index (κ2) is 7.61. The van der Waals surface area contributed by atoms with Crippen molar-refractivity contribution in [2.45, 2.75) is 30.6 Å². The van der Waals surface area contributed by atoms with E-state index in [9.17, 15) is 21.6 Å². The van der Waals surface area contributed by atoms with Crippen LogP contribution in [0.4, 0.5) is 13.2 Å². The molecule has 1 aromatic carbocycles. The van der Waals surface area contributed by atoms with Gasteiger partial charge >= 0.3 is 0 Å². The molecule has 0 unspecified atom stereocenters. The Balaban J connectivity index is 2.66. The number of benzene rings is 1. The number of hydrogen-bond donors (Lipinski definition) is 2. The highest BCUT2D eigenvalue weighted by molar-refractivity contribution is 7.89. The molecule has 0 saturated carbocycles. The van der Waals surface area contributed by atoms with Crippen LogP contribution in [0.3, 0.4) is 0 Å². The van der Waals surface area contributed by atoms with Crippen LogP contribution in [0.5, 0.6) is 0 Å². The van der Waals surface area contributed by atoms with Crippen LogP contribution in [0.1, 0.15) is 25.7 Å². The molecule has 0 spiro atoms. The fraction of sp³-hybridized carbons (Fsp3) is 0.500. The molecule has 0 bridgehead atoms. The van der Waals surface area contributed by atoms with Crippen molar-refractivity contribution in [2.75, 3.05) is 13.2 Å². The van der Waals surface area contributed by atoms with E-state index in [-0.39, 0.29) is 13.2 Å². The van der Waals surface area contributed by atoms with Crippen LogP contribution in [-0.4, -0.2) is 26.7 Å². The summed E-state index contributed by atoms with van der Waals surface area (Å²) in [7, 11) is -4.35. The molecule has 0 saturated heterocycles. The molecule has 0 aromatic heterocycles. The number of nitrogens with one attached hydrogen (secondary N) is 1. The van der Waals surface area contributed by atoms with Gasteiger partial charge in [0.2, 0.25) is 10.0 Å². The summed E-state index contributed by atoms with van der Waals surface area (Å²) < 4.78 is 64.9. The minimum Gasteiger partial charge on any atom is -0.396 e. The smallest absolute Gasteiger partial charge is 0.246 e. The number of unbranched alkanes of at least 4 members (excludes halogenated alkanes) is 3. The highest BCUT2D eigenvalue weighted by atomic mass is 32.2. The fourth-order valence-electron chi connectivity index (χ4n) is 1.65. The molecule has 0 radical (unpaired) electrons. The summed E-state index contributed by atoms with van der Waals surface area (Å²) in [5.74, 6) is -4.10. The highest BCUT2D eigenvalue weighted by Crippen LogP contribution is 2.19. The lowest BCUT2D eigenvalue weighted by atomic mass is 10.2. The van der Waals surface area contributed by atoms with Crippen LogP contribution in [0.25, 0.3) is 0 Å². The van der Waals surface area contributed by atoms with Crippen molar-refractivity contribution in [1.29, 1.82) is 0 Å². The van der Waals surface area contributed by atoms with Gasteiger partial charge in [0.15, 0.2) is 4.90 Å². The molecule has 0 atom stereocenters. The summed E-state index contributed by atoms with van der Waals surface area (Å²) >= 11 is 0. The summed E-state index contributed by atoms with van der Waals surface area (Å²) in [4.78, 5) is -1.17. The van der Waals surface area contributed by atoms with Gasteiger partial charge in [0.1, 0.15) is 17.5 Å². The van der Waals surface area contributed by atoms with E-state index >= 15 is 0 Å². The maximum Gasteiger partial charge on any atom is 0.246 e. The van der Waals surface area contributed by atoms with Crippen LogP contribution in [0.2, 0.25) is 0 Å². The molecular formula is C12H16F3NO3S. The van der Waals surface area contributed by atoms with E-state index in [1.807, 2.05) is 0 Å². The first-order valence-corrected chi connectivity index (χ1v) is 7.62. The molecule has 1 aromatic rings. The standard InChI is InChI=1S/C12H16F3NO3S/c13-9-7-10(14)12(11(15)8-9)20(18,19)16-5-3-1-2-4-6-17/h7-8,16-17H,1-6H2. The summed E-state index contributed by atoms with van der Waals surface area (Å²) in [5, 5.41) is 8.56. The molecule has 4 nitrogen and oxygen atoms in total. The summed E-state index contributed by atoms with van der Waals surface area (Å²) in [6, 6.07) is 0.637. The predicted octanol–water partition coefficient (Wildman–Crippen LogP) is 1.93. The van der Waals surface area contributed by atoms with Crippen LogP contribution in [-0.2, 0) is 10.0 Å². The number of aliphatic hydroxyl groups is 1. The summed E-state index contributed by atoms with van der Waals surface area (Å²) in [6.45, 7) is 0.0851. The molecule has 0 heterocycles. The van der Waals surface area contributed by atoms with E-state index in [2.05, 4.69) is 4.72 Å². The molecule has 0 aliphatic heterocycles. The van der Waals surface area contributed by atoms with Gasteiger partial charge in [-0.25, -0.2) is 26.3 Å². The predicted molar refractivity (Wildman–Crippen MR) is 67.1 cm³/mol. The Morgan fingerprint density at radius 1 is 1.00 bits per heavy atom. The maximum atomic E-state index is 13.4. The second-order valence-corrected chi connectivity index (χ2v) is 5.94. The van der Waals surface area contributed by atoms with Gasteiger partial charge in [-0.3, -0.25) is 0 Å². The number of rotatable bonds is 8. The molecule has 114 valence electrons. The van der Waals surface area contributed by atoms with Gasteiger partial charge in [-0.1, -0.05) is 12.8 Å². The second-order valence-electron chi connectivity index (χ2n) is 4.23. The van der Waals surface area contributed by atoms with E-state index in [0.29, 0.717) is 31.4 Å². The number of hydrogen-bond acceptors (Lipinski definition) is 3. The third kappa shape index (κ3) is 4.77. The lowest BCUT2D eigenvalue weighted by Crippen LogP contribution is -2.26. The van der Waals surface area contributed by atoms with Gasteiger partial charge in [-0.2, -0.15) is 0 Å². The van der Waals surface area contributed by atoms with Crippen molar-refractivity contribution < 1.29 is 26.7 Å². The van der Waals surface area contributed by atoms with Gasteiger partial charge in [0.25, 0.3) is 0 Å². The molecule has 8 heteroatoms. The van der Waals surface area contributed by atoms with Gasteiger partial charge in [0, 0.05) is 25.3 Å². The first-order chi connectivity index (χ1) is 9.38. The molecule has 2 N–H and O–H groups in total. The van der Waals surface area contributed by atoms with Crippen molar-refractivity contribution in [3.8, 4) is 0 Å². The van der Waals surface area contributed by atoms with E-state index in [0.717, 1.165) is 6.42 Å². The van der Waals surface area contributed by atoms with Gasteiger partial charge in [-0.05, 0) is 12.8 Å². The zero-order valence-corrected chi connectivity index (χ0v) is 11.5. The molecule has 20 heavy (non-hydrogen) atoms. The van der Waals surface area contributed by atoms with Crippen LogP contribution in [0.15, 0.2) is 17.0 Å². The van der Waals surface area contributed by atoms with Gasteiger partial charge < -0.3 is 5.11 Å². The number of aliphatic hydroxyl groups excluding tert-OH is 1. The Hall–Kier alpha value is -1.12. The summed E-state index contributed by atoms with van der Waals surface area (Å²) in [6.07, 6.45) is 2.51. The zero-order chi connectivity index (χ0) is 15.2. The number of halogens is 3. The van der Waals surface area contributed by atoms with Crippen molar-refractivity contribution in [3.63, 3.8) is 0 Å². The lowest BCUT2D eigenvalue weighted by molar-refractivity contribution is 0.282. The Bertz CT molecular complexity index is 526. The van der Waals surface area contributed by atoms with Crippen molar-refractivity contribution in [1.82, 2.24) is 4.72 Å². The van der Waals surface area contributed by atoms with Crippen LogP contribution < -0.4 is 4.72 Å². The minimum atomic E-state index is -4.35. The Morgan fingerprint density at radius 2 is 1.55 bits per heavy atom. The average molecular weight is 311 g/mol. The average Bonchev–Trinajstić information content (AvgIpc) is 2.31. The minimum absolute atomic E-state index is 0.0179. The monoisotopic (exact) mass is 311 g/mol. The molecule has 0 aliphatic rings. The molecule has 1 rings (SSSR count). The van der Waals surface area contributed by atoms with Crippen molar-refractivity contribution >= 4 is 10.0 Å². The van der Waals surface area contributed by atoms with Crippen molar-refractivity contribution in [3.05, 3.63) is 29.6 Å². The first kappa shape index (κ1) is 16.9. The molecular weight excluding hydrogens is 295 g/mol. The lowest BCUT2D eigenvalue weighted by Gasteiger charge is -2.08. The first-order valence-electron chi connectivity index (χ1n) is 6.13. The van der Waals surface area contributed by atoms with Crippen LogP contribution >= 0.6 is 0 Å². The van der Waals surface area contributed by atoms with E-state index in [1.54, 1.807) is 0 Å². The highest BCUT2D eigenvalue weighted by Gasteiger charge is 2.24. The Kier molecular flexibility index (Phi) is 6.44. The number of sulfonamides is 1. The third-order valence-corrected chi connectivity index (χ3v) is 4.12. The maximum absolute atomic E-state index is 13.4. The Labute approximate surface area is 115 Å². The van der Waals surface area contributed by atoms with Crippen LogP contribution in [0, 0.1) is 17.5 Å². The fourth-order valence-corrected chi connectivity index (χ4v) is 2.84. The topological polar surface area (TPSA) is 66.4 Å². The van der Waals surface area contributed by atoms with Gasteiger partial charge in [0.05, 0.1) is 0 Å². The van der Waals surface area contributed by atoms with E-state index in [1.165, 1.54) is 0 Å². The summed E-state index contributed by atoms with van der Waals surface area (Å²) in [5.41, 5.74) is 0. The normalized spacial score (nSPS) is 11.8. The molecule has 0 fully saturated rings. The largest absolute Gasteiger partial charge is 0.396 e. The Morgan fingerprint density at radius 3 is 2.10 bits per heavy atom. The van der Waals surface area contributed by atoms with Gasteiger partial charge in [-0.15, -0.1) is 0 Å². The zero-order valence-electron chi connectivity index (χ0n) is 10.7. The SMILES string of the molecule is O=S(=O)(NCCCCCCO)c1c(F)cc(F)cc1F. The molecule has 0 aliphatic carbocycles. The molecule has 0 amide bonds. The quantitative estimate of drug-likeness (QED) is 0.721.